The first-order valence-corrected chi connectivity index (χ1v) is 6.45. The topological polar surface area (TPSA) is 88.8 Å². The van der Waals surface area contributed by atoms with Crippen LogP contribution in [0.25, 0.3) is 11.0 Å². The third-order valence-electron chi connectivity index (χ3n) is 2.97. The molecule has 1 amide bonds. The van der Waals surface area contributed by atoms with E-state index in [1.807, 2.05) is 0 Å². The number of nitrogens with one attached hydrogen (secondary N) is 1. The fourth-order valence-electron chi connectivity index (χ4n) is 1.95. The highest BCUT2D eigenvalue weighted by Gasteiger charge is 2.22. The van der Waals surface area contributed by atoms with E-state index < -0.39 is 17.1 Å². The minimum atomic E-state index is -1.21. The highest BCUT2D eigenvalue weighted by atomic mass is 16.5. The van der Waals surface area contributed by atoms with Gasteiger partial charge in [0.1, 0.15) is 16.7 Å². The maximum Gasteiger partial charge on any atom is 0.349 e. The second-order valence-corrected chi connectivity index (χ2v) is 5.10. The zero-order valence-corrected chi connectivity index (χ0v) is 11.9. The Morgan fingerprint density at radius 2 is 2.14 bits per heavy atom. The van der Waals surface area contributed by atoms with Crippen LogP contribution in [-0.2, 0) is 4.74 Å². The Balaban J connectivity index is 2.20. The van der Waals surface area contributed by atoms with Gasteiger partial charge < -0.3 is 19.6 Å². The van der Waals surface area contributed by atoms with E-state index in [-0.39, 0.29) is 18.7 Å². The van der Waals surface area contributed by atoms with Gasteiger partial charge in [-0.25, -0.2) is 4.79 Å². The average molecular weight is 291 g/mol. The zero-order valence-electron chi connectivity index (χ0n) is 11.9. The third kappa shape index (κ3) is 3.68. The molecule has 2 aromatic rings. The van der Waals surface area contributed by atoms with Gasteiger partial charge in [-0.1, -0.05) is 18.2 Å². The molecule has 112 valence electrons. The molecule has 0 aliphatic rings. The van der Waals surface area contributed by atoms with Crippen LogP contribution in [0.5, 0.6) is 0 Å². The van der Waals surface area contributed by atoms with Crippen LogP contribution in [0.15, 0.2) is 39.5 Å². The summed E-state index contributed by atoms with van der Waals surface area (Å²) in [6, 6.07) is 8.40. The van der Waals surface area contributed by atoms with Gasteiger partial charge in [0, 0.05) is 19.0 Å². The van der Waals surface area contributed by atoms with Crippen LogP contribution >= 0.6 is 0 Å². The Kier molecular flexibility index (Phi) is 4.40. The smallest absolute Gasteiger partial charge is 0.349 e. The molecule has 0 spiro atoms. The number of hydrogen-bond acceptors (Lipinski definition) is 5. The van der Waals surface area contributed by atoms with Gasteiger partial charge >= 0.3 is 5.63 Å². The molecule has 0 aliphatic carbocycles. The van der Waals surface area contributed by atoms with Gasteiger partial charge in [0.2, 0.25) is 0 Å². The quantitative estimate of drug-likeness (QED) is 0.800. The summed E-state index contributed by atoms with van der Waals surface area (Å²) in [5, 5.41) is 13.1. The van der Waals surface area contributed by atoms with E-state index in [2.05, 4.69) is 5.32 Å². The zero-order chi connectivity index (χ0) is 15.5. The van der Waals surface area contributed by atoms with Crippen molar-refractivity contribution in [3.05, 3.63) is 46.3 Å². The van der Waals surface area contributed by atoms with Crippen LogP contribution in [0.4, 0.5) is 0 Å². The summed E-state index contributed by atoms with van der Waals surface area (Å²) in [5.74, 6) is -0.592. The number of methoxy groups -OCH3 is 1. The Morgan fingerprint density at radius 3 is 2.86 bits per heavy atom. The summed E-state index contributed by atoms with van der Waals surface area (Å²) in [5.41, 5.74) is -1.59. The molecule has 0 fully saturated rings. The summed E-state index contributed by atoms with van der Waals surface area (Å²) < 4.78 is 9.93. The average Bonchev–Trinajstić information content (AvgIpc) is 2.44. The standard InChI is InChI=1S/C15H17NO5/c1-15(19,9-20-2)8-16-13(17)11-7-10-5-3-4-6-12(10)21-14(11)18/h3-7,19H,8-9H2,1-2H3,(H,16,17). The van der Waals surface area contributed by atoms with Gasteiger partial charge in [-0.3, -0.25) is 4.79 Å². The van der Waals surface area contributed by atoms with Crippen molar-refractivity contribution in [3.8, 4) is 0 Å². The minimum absolute atomic E-state index is 0.0358. The number of carbonyl (C=O) groups is 1. The van der Waals surface area contributed by atoms with Gasteiger partial charge in [-0.05, 0) is 19.1 Å². The highest BCUT2D eigenvalue weighted by molar-refractivity contribution is 5.96. The normalized spacial score (nSPS) is 13.9. The predicted molar refractivity (Wildman–Crippen MR) is 77.3 cm³/mol. The van der Waals surface area contributed by atoms with Crippen molar-refractivity contribution < 1.29 is 19.1 Å². The molecule has 1 aromatic carbocycles. The number of rotatable bonds is 5. The fraction of sp³-hybridized carbons (Fsp3) is 0.333. The third-order valence-corrected chi connectivity index (χ3v) is 2.97. The second kappa shape index (κ2) is 6.07. The van der Waals surface area contributed by atoms with Gasteiger partial charge in [0.25, 0.3) is 5.91 Å². The monoisotopic (exact) mass is 291 g/mol. The van der Waals surface area contributed by atoms with Crippen LogP contribution in [0.3, 0.4) is 0 Å². The molecule has 1 heterocycles. The van der Waals surface area contributed by atoms with Crippen LogP contribution < -0.4 is 10.9 Å². The molecule has 1 aromatic heterocycles. The molecule has 21 heavy (non-hydrogen) atoms. The molecule has 6 heteroatoms. The molecule has 0 radical (unpaired) electrons. The fourth-order valence-corrected chi connectivity index (χ4v) is 1.95. The molecule has 0 saturated carbocycles. The van der Waals surface area contributed by atoms with E-state index in [0.29, 0.717) is 11.0 Å². The first kappa shape index (κ1) is 15.2. The van der Waals surface area contributed by atoms with Gasteiger partial charge in [-0.2, -0.15) is 0 Å². The number of ether oxygens (including phenoxy) is 1. The van der Waals surface area contributed by atoms with Crippen LogP contribution in [-0.4, -0.2) is 36.9 Å². The number of aliphatic hydroxyl groups is 1. The highest BCUT2D eigenvalue weighted by Crippen LogP contribution is 2.12. The van der Waals surface area contributed by atoms with Crippen LogP contribution in [0, 0.1) is 0 Å². The Hall–Kier alpha value is -2.18. The van der Waals surface area contributed by atoms with Crippen molar-refractivity contribution in [2.24, 2.45) is 0 Å². The van der Waals surface area contributed by atoms with Crippen molar-refractivity contribution in [2.45, 2.75) is 12.5 Å². The maximum atomic E-state index is 12.0. The molecule has 0 bridgehead atoms. The lowest BCUT2D eigenvalue weighted by molar-refractivity contribution is -0.0147. The van der Waals surface area contributed by atoms with Gasteiger partial charge in [0.15, 0.2) is 0 Å². The van der Waals surface area contributed by atoms with E-state index in [4.69, 9.17) is 9.15 Å². The van der Waals surface area contributed by atoms with Gasteiger partial charge in [0.05, 0.1) is 6.61 Å². The Labute approximate surface area is 121 Å². The van der Waals surface area contributed by atoms with E-state index in [1.54, 1.807) is 24.3 Å². The summed E-state index contributed by atoms with van der Waals surface area (Å²) in [4.78, 5) is 23.8. The largest absolute Gasteiger partial charge is 0.422 e. The van der Waals surface area contributed by atoms with E-state index >= 15 is 0 Å². The molecule has 1 atom stereocenters. The molecule has 0 saturated heterocycles. The maximum absolute atomic E-state index is 12.0. The molecule has 1 unspecified atom stereocenters. The molecular formula is C15H17NO5. The van der Waals surface area contributed by atoms with Crippen molar-refractivity contribution in [2.75, 3.05) is 20.3 Å². The summed E-state index contributed by atoms with van der Waals surface area (Å²) in [6.07, 6.45) is 0. The lowest BCUT2D eigenvalue weighted by Gasteiger charge is -2.22. The first-order valence-electron chi connectivity index (χ1n) is 6.45. The number of fused-ring (bicyclic) bond motifs is 1. The lowest BCUT2D eigenvalue weighted by Crippen LogP contribution is -2.44. The molecule has 2 N–H and O–H groups in total. The summed E-state index contributed by atoms with van der Waals surface area (Å²) in [6.45, 7) is 1.56. The number of hydrogen-bond donors (Lipinski definition) is 2. The number of benzene rings is 1. The van der Waals surface area contributed by atoms with E-state index in [9.17, 15) is 14.7 Å². The minimum Gasteiger partial charge on any atom is -0.422 e. The van der Waals surface area contributed by atoms with Crippen molar-refractivity contribution >= 4 is 16.9 Å². The summed E-state index contributed by atoms with van der Waals surface area (Å²) in [7, 11) is 1.45. The predicted octanol–water partition coefficient (Wildman–Crippen LogP) is 0.920. The molecule has 0 aliphatic heterocycles. The molecule has 6 nitrogen and oxygen atoms in total. The van der Waals surface area contributed by atoms with E-state index in [0.717, 1.165) is 0 Å². The van der Waals surface area contributed by atoms with Gasteiger partial charge in [-0.15, -0.1) is 0 Å². The number of para-hydroxylation sites is 1. The van der Waals surface area contributed by atoms with Crippen molar-refractivity contribution in [1.82, 2.24) is 5.32 Å². The molecular weight excluding hydrogens is 274 g/mol. The number of carbonyl (C=O) groups excluding carboxylic acids is 1. The van der Waals surface area contributed by atoms with Crippen molar-refractivity contribution in [3.63, 3.8) is 0 Å². The Morgan fingerprint density at radius 1 is 1.43 bits per heavy atom. The SMILES string of the molecule is COCC(C)(O)CNC(=O)c1cc2ccccc2oc1=O. The number of amides is 1. The van der Waals surface area contributed by atoms with Crippen LogP contribution in [0.1, 0.15) is 17.3 Å². The Bertz CT molecular complexity index is 705. The lowest BCUT2D eigenvalue weighted by atomic mass is 10.1. The van der Waals surface area contributed by atoms with E-state index in [1.165, 1.54) is 20.1 Å². The first-order chi connectivity index (χ1) is 9.93. The summed E-state index contributed by atoms with van der Waals surface area (Å²) >= 11 is 0. The second-order valence-electron chi connectivity index (χ2n) is 5.10. The van der Waals surface area contributed by atoms with Crippen LogP contribution in [0.2, 0.25) is 0 Å². The molecule has 2 rings (SSSR count). The van der Waals surface area contributed by atoms with Crippen molar-refractivity contribution in [1.29, 1.82) is 0 Å².